The normalized spacial score (nSPS) is 10.3. The Morgan fingerprint density at radius 1 is 1.04 bits per heavy atom. The van der Waals surface area contributed by atoms with Gasteiger partial charge in [-0.2, -0.15) is 0 Å². The summed E-state index contributed by atoms with van der Waals surface area (Å²) in [4.78, 5) is 38.6. The first-order chi connectivity index (χ1) is 13.5. The van der Waals surface area contributed by atoms with Crippen molar-refractivity contribution in [2.24, 2.45) is 0 Å². The standard InChI is InChI=1S/C19H16N4O5/c24-18(21-12-9-13-7-10-20-11-8-13)14-3-1-2-4-15(14)22-19(25)16-5-6-17(28-16)23(26)27/h1-8,10-11H,9,12H2,(H,21,24)(H,22,25). The van der Waals surface area contributed by atoms with Crippen LogP contribution in [0.2, 0.25) is 0 Å². The van der Waals surface area contributed by atoms with Crippen molar-refractivity contribution in [2.45, 2.75) is 6.42 Å². The van der Waals surface area contributed by atoms with Gasteiger partial charge in [0, 0.05) is 18.9 Å². The zero-order chi connectivity index (χ0) is 19.9. The summed E-state index contributed by atoms with van der Waals surface area (Å²) in [5.41, 5.74) is 1.58. The Morgan fingerprint density at radius 2 is 1.79 bits per heavy atom. The fourth-order valence-corrected chi connectivity index (χ4v) is 2.49. The monoisotopic (exact) mass is 380 g/mol. The topological polar surface area (TPSA) is 127 Å². The van der Waals surface area contributed by atoms with Crippen LogP contribution in [0.5, 0.6) is 0 Å². The van der Waals surface area contributed by atoms with E-state index in [1.165, 1.54) is 6.07 Å². The Labute approximate surface area is 159 Å². The van der Waals surface area contributed by atoms with Crippen LogP contribution in [0.15, 0.2) is 65.3 Å². The summed E-state index contributed by atoms with van der Waals surface area (Å²) >= 11 is 0. The van der Waals surface area contributed by atoms with Gasteiger partial charge in [0.2, 0.25) is 0 Å². The molecule has 3 rings (SSSR count). The molecule has 0 atom stereocenters. The Kier molecular flexibility index (Phi) is 5.75. The third-order valence-corrected chi connectivity index (χ3v) is 3.86. The molecule has 0 aliphatic rings. The van der Waals surface area contributed by atoms with Gasteiger partial charge in [-0.15, -0.1) is 0 Å². The van der Waals surface area contributed by atoms with Crippen LogP contribution in [-0.4, -0.2) is 28.3 Å². The van der Waals surface area contributed by atoms with Crippen molar-refractivity contribution < 1.29 is 18.9 Å². The first kappa shape index (κ1) is 18.8. The highest BCUT2D eigenvalue weighted by Gasteiger charge is 2.19. The molecule has 2 N–H and O–H groups in total. The van der Waals surface area contributed by atoms with Gasteiger partial charge in [-0.25, -0.2) is 0 Å². The van der Waals surface area contributed by atoms with E-state index in [0.717, 1.165) is 11.6 Å². The zero-order valence-electron chi connectivity index (χ0n) is 14.6. The van der Waals surface area contributed by atoms with Crippen LogP contribution in [0.4, 0.5) is 11.6 Å². The molecule has 0 aliphatic carbocycles. The van der Waals surface area contributed by atoms with Crippen LogP contribution < -0.4 is 10.6 Å². The quantitative estimate of drug-likeness (QED) is 0.479. The Hall–Kier alpha value is -4.01. The van der Waals surface area contributed by atoms with E-state index in [4.69, 9.17) is 4.42 Å². The molecule has 0 unspecified atom stereocenters. The highest BCUT2D eigenvalue weighted by atomic mass is 16.6. The molecule has 2 amide bonds. The Morgan fingerprint density at radius 3 is 2.50 bits per heavy atom. The maximum Gasteiger partial charge on any atom is 0.433 e. The minimum atomic E-state index is -0.735. The van der Waals surface area contributed by atoms with Crippen molar-refractivity contribution in [1.29, 1.82) is 0 Å². The minimum absolute atomic E-state index is 0.223. The molecule has 2 heterocycles. The molecule has 0 saturated carbocycles. The summed E-state index contributed by atoms with van der Waals surface area (Å²) in [6, 6.07) is 12.5. The largest absolute Gasteiger partial charge is 0.433 e. The van der Waals surface area contributed by atoms with E-state index < -0.39 is 16.7 Å². The number of carbonyl (C=O) groups is 2. The van der Waals surface area contributed by atoms with Crippen molar-refractivity contribution >= 4 is 23.4 Å². The van der Waals surface area contributed by atoms with Crippen LogP contribution in [0, 0.1) is 10.1 Å². The van der Waals surface area contributed by atoms with Crippen LogP contribution in [0.25, 0.3) is 0 Å². The molecule has 0 bridgehead atoms. The number of furan rings is 1. The van der Waals surface area contributed by atoms with Crippen LogP contribution in [0.1, 0.15) is 26.5 Å². The number of rotatable bonds is 7. The molecule has 0 aliphatic heterocycles. The number of carbonyl (C=O) groups excluding carboxylic acids is 2. The van der Waals surface area contributed by atoms with E-state index in [2.05, 4.69) is 15.6 Å². The van der Waals surface area contributed by atoms with Crippen molar-refractivity contribution in [1.82, 2.24) is 10.3 Å². The average Bonchev–Trinajstić information content (AvgIpc) is 3.20. The summed E-state index contributed by atoms with van der Waals surface area (Å²) < 4.78 is 4.88. The minimum Gasteiger partial charge on any atom is -0.395 e. The fourth-order valence-electron chi connectivity index (χ4n) is 2.49. The third-order valence-electron chi connectivity index (χ3n) is 3.86. The van der Waals surface area contributed by atoms with E-state index >= 15 is 0 Å². The maximum absolute atomic E-state index is 12.5. The Balaban J connectivity index is 1.65. The van der Waals surface area contributed by atoms with Crippen LogP contribution in [0.3, 0.4) is 0 Å². The number of para-hydroxylation sites is 1. The molecule has 142 valence electrons. The van der Waals surface area contributed by atoms with Gasteiger partial charge in [0.05, 0.1) is 17.3 Å². The smallest absolute Gasteiger partial charge is 0.395 e. The molecule has 0 fully saturated rings. The van der Waals surface area contributed by atoms with E-state index in [1.54, 1.807) is 36.7 Å². The lowest BCUT2D eigenvalue weighted by Crippen LogP contribution is -2.27. The van der Waals surface area contributed by atoms with Gasteiger partial charge in [0.25, 0.3) is 11.8 Å². The van der Waals surface area contributed by atoms with Gasteiger partial charge < -0.3 is 15.1 Å². The van der Waals surface area contributed by atoms with Crippen molar-refractivity contribution in [3.05, 3.63) is 87.9 Å². The fraction of sp³-hybridized carbons (Fsp3) is 0.105. The van der Waals surface area contributed by atoms with Crippen molar-refractivity contribution in [2.75, 3.05) is 11.9 Å². The molecule has 9 nitrogen and oxygen atoms in total. The molecule has 1 aromatic carbocycles. The second-order valence-electron chi connectivity index (χ2n) is 5.76. The van der Waals surface area contributed by atoms with Crippen LogP contribution in [-0.2, 0) is 6.42 Å². The summed E-state index contributed by atoms with van der Waals surface area (Å²) in [7, 11) is 0. The molecule has 0 radical (unpaired) electrons. The number of benzene rings is 1. The van der Waals surface area contributed by atoms with Crippen molar-refractivity contribution in [3.63, 3.8) is 0 Å². The number of nitrogens with one attached hydrogen (secondary N) is 2. The Bertz CT molecular complexity index is 1000. The molecular formula is C19H16N4O5. The first-order valence-electron chi connectivity index (χ1n) is 8.36. The molecule has 2 aromatic heterocycles. The number of hydrogen-bond acceptors (Lipinski definition) is 6. The van der Waals surface area contributed by atoms with E-state index in [0.29, 0.717) is 13.0 Å². The second kappa shape index (κ2) is 8.58. The number of aromatic nitrogens is 1. The molecule has 3 aromatic rings. The number of nitro groups is 1. The lowest BCUT2D eigenvalue weighted by atomic mass is 10.1. The van der Waals surface area contributed by atoms with Crippen molar-refractivity contribution in [3.8, 4) is 0 Å². The van der Waals surface area contributed by atoms with Gasteiger partial charge in [-0.05, 0) is 42.3 Å². The summed E-state index contributed by atoms with van der Waals surface area (Å²) in [6.45, 7) is 0.412. The van der Waals surface area contributed by atoms with E-state index in [1.807, 2.05) is 12.1 Å². The number of hydrogen-bond donors (Lipinski definition) is 2. The van der Waals surface area contributed by atoms with Gasteiger partial charge >= 0.3 is 5.88 Å². The number of amides is 2. The van der Waals surface area contributed by atoms with Gasteiger partial charge in [-0.3, -0.25) is 24.7 Å². The number of nitrogens with zero attached hydrogens (tertiary/aromatic N) is 2. The van der Waals surface area contributed by atoms with E-state index in [-0.39, 0.29) is 22.9 Å². The second-order valence-corrected chi connectivity index (χ2v) is 5.76. The van der Waals surface area contributed by atoms with Crippen LogP contribution >= 0.6 is 0 Å². The maximum atomic E-state index is 12.5. The molecule has 9 heteroatoms. The third kappa shape index (κ3) is 4.58. The summed E-state index contributed by atoms with van der Waals surface area (Å²) in [5.74, 6) is -1.80. The molecule has 28 heavy (non-hydrogen) atoms. The number of anilines is 1. The lowest BCUT2D eigenvalue weighted by Gasteiger charge is -2.10. The first-order valence-corrected chi connectivity index (χ1v) is 8.36. The van der Waals surface area contributed by atoms with E-state index in [9.17, 15) is 19.7 Å². The predicted octanol–water partition coefficient (Wildman–Crippen LogP) is 2.81. The molecule has 0 spiro atoms. The molecule has 0 saturated heterocycles. The van der Waals surface area contributed by atoms with Gasteiger partial charge in [0.15, 0.2) is 5.76 Å². The van der Waals surface area contributed by atoms with Gasteiger partial charge in [-0.1, -0.05) is 12.1 Å². The number of pyridine rings is 1. The highest BCUT2D eigenvalue weighted by Crippen LogP contribution is 2.19. The summed E-state index contributed by atoms with van der Waals surface area (Å²) in [5, 5.41) is 16.0. The SMILES string of the molecule is O=C(Nc1ccccc1C(=O)NCCc1ccncc1)c1ccc([N+](=O)[O-])o1. The highest BCUT2D eigenvalue weighted by molar-refractivity contribution is 6.07. The predicted molar refractivity (Wildman–Crippen MR) is 100 cm³/mol. The van der Waals surface area contributed by atoms with Gasteiger partial charge in [0.1, 0.15) is 4.92 Å². The zero-order valence-corrected chi connectivity index (χ0v) is 14.6. The lowest BCUT2D eigenvalue weighted by molar-refractivity contribution is -0.402. The average molecular weight is 380 g/mol. The molecular weight excluding hydrogens is 364 g/mol. The summed E-state index contributed by atoms with van der Waals surface area (Å²) in [6.07, 6.45) is 4.00.